The van der Waals surface area contributed by atoms with Crippen molar-refractivity contribution in [2.45, 2.75) is 0 Å². The topological polar surface area (TPSA) is 54.0 Å². The Bertz CT molecular complexity index is 572. The fourth-order valence-corrected chi connectivity index (χ4v) is 1.34. The highest BCUT2D eigenvalue weighted by atomic mass is 16.3. The molecule has 0 saturated heterocycles. The third-order valence-electron chi connectivity index (χ3n) is 2.23. The Morgan fingerprint density at radius 3 is 2.59 bits per heavy atom. The summed E-state index contributed by atoms with van der Waals surface area (Å²) in [6.45, 7) is 0. The molecule has 2 rings (SSSR count). The lowest BCUT2D eigenvalue weighted by molar-refractivity contribution is 0.102. The number of rotatable bonds is 3. The molecular formula is C14H9NO2. The standard InChI is InChI=1S/C14H9NO2/c15-10-12-5-3-11(4-6-12)7-8-13(16)14-2-1-9-17-14/h1-9H/b8-7+. The molecule has 3 nitrogen and oxygen atoms in total. The molecule has 0 bridgehead atoms. The van der Waals surface area contributed by atoms with Gasteiger partial charge in [-0.2, -0.15) is 5.26 Å². The van der Waals surface area contributed by atoms with Gasteiger partial charge in [0.15, 0.2) is 5.76 Å². The quantitative estimate of drug-likeness (QED) is 0.593. The van der Waals surface area contributed by atoms with Gasteiger partial charge < -0.3 is 4.42 Å². The first kappa shape index (κ1) is 10.9. The van der Waals surface area contributed by atoms with Crippen molar-refractivity contribution in [2.75, 3.05) is 0 Å². The van der Waals surface area contributed by atoms with E-state index < -0.39 is 0 Å². The summed E-state index contributed by atoms with van der Waals surface area (Å²) in [5.74, 6) is 0.134. The van der Waals surface area contributed by atoms with Crippen molar-refractivity contribution in [3.63, 3.8) is 0 Å². The minimum atomic E-state index is -0.181. The Morgan fingerprint density at radius 1 is 1.24 bits per heavy atom. The van der Waals surface area contributed by atoms with Crippen molar-refractivity contribution in [3.05, 3.63) is 65.6 Å². The fourth-order valence-electron chi connectivity index (χ4n) is 1.34. The summed E-state index contributed by atoms with van der Waals surface area (Å²) in [4.78, 5) is 11.6. The summed E-state index contributed by atoms with van der Waals surface area (Å²) in [6, 6.07) is 12.3. The minimum Gasteiger partial charge on any atom is -0.461 e. The molecule has 0 radical (unpaired) electrons. The van der Waals surface area contributed by atoms with Gasteiger partial charge in [-0.1, -0.05) is 18.2 Å². The van der Waals surface area contributed by atoms with Gasteiger partial charge in [0.2, 0.25) is 5.78 Å². The first-order valence-electron chi connectivity index (χ1n) is 5.05. The third-order valence-corrected chi connectivity index (χ3v) is 2.23. The van der Waals surface area contributed by atoms with Gasteiger partial charge in [0.05, 0.1) is 17.9 Å². The first-order chi connectivity index (χ1) is 8.29. The molecule has 2 aromatic rings. The number of nitriles is 1. The van der Waals surface area contributed by atoms with Crippen molar-refractivity contribution >= 4 is 11.9 Å². The summed E-state index contributed by atoms with van der Waals surface area (Å²) in [6.07, 6.45) is 4.59. The van der Waals surface area contributed by atoms with E-state index in [0.29, 0.717) is 11.3 Å². The number of allylic oxidation sites excluding steroid dienone is 1. The second-order valence-electron chi connectivity index (χ2n) is 3.41. The van der Waals surface area contributed by atoms with Gasteiger partial charge in [-0.05, 0) is 35.9 Å². The summed E-state index contributed by atoms with van der Waals surface area (Å²) in [5.41, 5.74) is 1.46. The normalized spacial score (nSPS) is 10.3. The van der Waals surface area contributed by atoms with E-state index in [1.807, 2.05) is 6.07 Å². The lowest BCUT2D eigenvalue weighted by Gasteiger charge is -1.92. The molecule has 0 N–H and O–H groups in total. The Morgan fingerprint density at radius 2 is 2.00 bits per heavy atom. The third kappa shape index (κ3) is 2.70. The van der Waals surface area contributed by atoms with E-state index in [-0.39, 0.29) is 5.78 Å². The highest BCUT2D eigenvalue weighted by Gasteiger charge is 2.03. The highest BCUT2D eigenvalue weighted by molar-refractivity contribution is 6.04. The van der Waals surface area contributed by atoms with Crippen LogP contribution in [0.3, 0.4) is 0 Å². The molecule has 0 atom stereocenters. The monoisotopic (exact) mass is 223 g/mol. The zero-order chi connectivity index (χ0) is 12.1. The fraction of sp³-hybridized carbons (Fsp3) is 0. The molecule has 0 spiro atoms. The van der Waals surface area contributed by atoms with Crippen LogP contribution >= 0.6 is 0 Å². The van der Waals surface area contributed by atoms with Crippen LogP contribution in [0.5, 0.6) is 0 Å². The highest BCUT2D eigenvalue weighted by Crippen LogP contribution is 2.07. The van der Waals surface area contributed by atoms with Crippen molar-refractivity contribution in [1.82, 2.24) is 0 Å². The lowest BCUT2D eigenvalue weighted by Crippen LogP contribution is -1.90. The first-order valence-corrected chi connectivity index (χ1v) is 5.05. The molecule has 1 heterocycles. The number of furan rings is 1. The average molecular weight is 223 g/mol. The summed E-state index contributed by atoms with van der Waals surface area (Å²) >= 11 is 0. The molecule has 3 heteroatoms. The minimum absolute atomic E-state index is 0.181. The molecule has 0 unspecified atom stereocenters. The molecule has 17 heavy (non-hydrogen) atoms. The number of nitrogens with zero attached hydrogens (tertiary/aromatic N) is 1. The smallest absolute Gasteiger partial charge is 0.221 e. The molecule has 1 aromatic heterocycles. The largest absolute Gasteiger partial charge is 0.461 e. The maximum absolute atomic E-state index is 11.6. The van der Waals surface area contributed by atoms with Crippen molar-refractivity contribution in [1.29, 1.82) is 5.26 Å². The van der Waals surface area contributed by atoms with E-state index in [1.54, 1.807) is 42.5 Å². The molecule has 0 fully saturated rings. The maximum atomic E-state index is 11.6. The Kier molecular flexibility index (Phi) is 3.18. The molecule has 0 saturated carbocycles. The van der Waals surface area contributed by atoms with E-state index in [4.69, 9.17) is 9.68 Å². The predicted molar refractivity (Wildman–Crippen MR) is 63.2 cm³/mol. The lowest BCUT2D eigenvalue weighted by atomic mass is 10.1. The molecule has 0 aliphatic carbocycles. The molecular weight excluding hydrogens is 214 g/mol. The SMILES string of the molecule is N#Cc1ccc(/C=C/C(=O)c2ccco2)cc1. The van der Waals surface area contributed by atoms with E-state index >= 15 is 0 Å². The van der Waals surface area contributed by atoms with Crippen LogP contribution < -0.4 is 0 Å². The zero-order valence-corrected chi connectivity index (χ0v) is 8.96. The van der Waals surface area contributed by atoms with Crippen molar-refractivity contribution in [2.24, 2.45) is 0 Å². The van der Waals surface area contributed by atoms with Crippen LogP contribution in [0, 0.1) is 11.3 Å². The average Bonchev–Trinajstić information content (AvgIpc) is 2.90. The van der Waals surface area contributed by atoms with Gasteiger partial charge in [0, 0.05) is 0 Å². The van der Waals surface area contributed by atoms with Gasteiger partial charge >= 0.3 is 0 Å². The van der Waals surface area contributed by atoms with E-state index in [9.17, 15) is 4.79 Å². The van der Waals surface area contributed by atoms with Crippen LogP contribution in [-0.2, 0) is 0 Å². The Hall–Kier alpha value is -2.60. The van der Waals surface area contributed by atoms with Crippen LogP contribution in [0.25, 0.3) is 6.08 Å². The molecule has 0 aliphatic rings. The maximum Gasteiger partial charge on any atom is 0.221 e. The predicted octanol–water partition coefficient (Wildman–Crippen LogP) is 3.05. The zero-order valence-electron chi connectivity index (χ0n) is 8.96. The number of hydrogen-bond acceptors (Lipinski definition) is 3. The molecule has 0 amide bonds. The van der Waals surface area contributed by atoms with Crippen LogP contribution in [0.2, 0.25) is 0 Å². The van der Waals surface area contributed by atoms with Crippen LogP contribution in [-0.4, -0.2) is 5.78 Å². The number of ketones is 1. The Labute approximate surface area is 98.6 Å². The number of carbonyl (C=O) groups excluding carboxylic acids is 1. The molecule has 0 aliphatic heterocycles. The second kappa shape index (κ2) is 4.95. The molecule has 82 valence electrons. The van der Waals surface area contributed by atoms with Gasteiger partial charge in [-0.15, -0.1) is 0 Å². The summed E-state index contributed by atoms with van der Waals surface area (Å²) in [7, 11) is 0. The van der Waals surface area contributed by atoms with Gasteiger partial charge in [-0.3, -0.25) is 4.79 Å². The van der Waals surface area contributed by atoms with Crippen LogP contribution in [0.1, 0.15) is 21.7 Å². The van der Waals surface area contributed by atoms with Crippen LogP contribution in [0.15, 0.2) is 53.2 Å². The Balaban J connectivity index is 2.10. The number of hydrogen-bond donors (Lipinski definition) is 0. The van der Waals surface area contributed by atoms with Gasteiger partial charge in [0.1, 0.15) is 0 Å². The summed E-state index contributed by atoms with van der Waals surface area (Å²) in [5, 5.41) is 8.64. The summed E-state index contributed by atoms with van der Waals surface area (Å²) < 4.78 is 4.98. The number of carbonyl (C=O) groups is 1. The van der Waals surface area contributed by atoms with E-state index in [2.05, 4.69) is 0 Å². The number of benzene rings is 1. The van der Waals surface area contributed by atoms with Crippen LogP contribution in [0.4, 0.5) is 0 Å². The van der Waals surface area contributed by atoms with Crippen molar-refractivity contribution < 1.29 is 9.21 Å². The van der Waals surface area contributed by atoms with E-state index in [1.165, 1.54) is 12.3 Å². The second-order valence-corrected chi connectivity index (χ2v) is 3.41. The molecule has 1 aromatic carbocycles. The van der Waals surface area contributed by atoms with Gasteiger partial charge in [-0.25, -0.2) is 0 Å². The van der Waals surface area contributed by atoms with Crippen molar-refractivity contribution in [3.8, 4) is 6.07 Å². The van der Waals surface area contributed by atoms with E-state index in [0.717, 1.165) is 5.56 Å². The van der Waals surface area contributed by atoms with Gasteiger partial charge in [0.25, 0.3) is 0 Å².